The van der Waals surface area contributed by atoms with E-state index in [4.69, 9.17) is 0 Å². The molecule has 1 amide bonds. The molecule has 1 aliphatic rings. The van der Waals surface area contributed by atoms with Gasteiger partial charge in [0.05, 0.1) is 6.54 Å². The first-order chi connectivity index (χ1) is 10.1. The Balaban J connectivity index is 2.43. The van der Waals surface area contributed by atoms with E-state index in [1.165, 1.54) is 12.8 Å². The SMILES string of the molecule is C=CCN(CC=C)C(=O)CN1CCCC(CNC(C)C)C1. The molecule has 0 radical (unpaired) electrons. The van der Waals surface area contributed by atoms with E-state index in [0.29, 0.717) is 31.6 Å². The van der Waals surface area contributed by atoms with Crippen molar-refractivity contribution in [2.24, 2.45) is 5.92 Å². The van der Waals surface area contributed by atoms with Crippen molar-refractivity contribution in [2.45, 2.75) is 32.7 Å². The van der Waals surface area contributed by atoms with Gasteiger partial charge in [-0.05, 0) is 31.8 Å². The summed E-state index contributed by atoms with van der Waals surface area (Å²) in [4.78, 5) is 16.4. The number of hydrogen-bond acceptors (Lipinski definition) is 3. The molecule has 4 nitrogen and oxygen atoms in total. The van der Waals surface area contributed by atoms with E-state index in [1.807, 2.05) is 0 Å². The molecular weight excluding hydrogens is 262 g/mol. The summed E-state index contributed by atoms with van der Waals surface area (Å²) in [6.07, 6.45) is 5.98. The number of hydrogen-bond donors (Lipinski definition) is 1. The van der Waals surface area contributed by atoms with E-state index in [0.717, 1.165) is 19.6 Å². The van der Waals surface area contributed by atoms with Gasteiger partial charge in [0.15, 0.2) is 0 Å². The highest BCUT2D eigenvalue weighted by atomic mass is 16.2. The molecule has 1 heterocycles. The molecule has 1 aliphatic heterocycles. The van der Waals surface area contributed by atoms with Gasteiger partial charge in [0.25, 0.3) is 0 Å². The zero-order valence-electron chi connectivity index (χ0n) is 13.7. The van der Waals surface area contributed by atoms with Gasteiger partial charge in [-0.3, -0.25) is 9.69 Å². The molecular formula is C17H31N3O. The van der Waals surface area contributed by atoms with Crippen LogP contribution < -0.4 is 5.32 Å². The number of carbonyl (C=O) groups is 1. The van der Waals surface area contributed by atoms with Crippen LogP contribution in [0.25, 0.3) is 0 Å². The maximum atomic E-state index is 12.3. The molecule has 0 bridgehead atoms. The summed E-state index contributed by atoms with van der Waals surface area (Å²) in [5, 5.41) is 3.50. The fraction of sp³-hybridized carbons (Fsp3) is 0.706. The van der Waals surface area contributed by atoms with Crippen molar-refractivity contribution in [1.29, 1.82) is 0 Å². The second-order valence-corrected chi connectivity index (χ2v) is 6.18. The molecule has 1 unspecified atom stereocenters. The van der Waals surface area contributed by atoms with Crippen molar-refractivity contribution in [3.8, 4) is 0 Å². The molecule has 0 saturated carbocycles. The van der Waals surface area contributed by atoms with Crippen LogP contribution in [-0.2, 0) is 4.79 Å². The molecule has 0 aromatic heterocycles. The normalized spacial score (nSPS) is 19.5. The fourth-order valence-corrected chi connectivity index (χ4v) is 2.75. The van der Waals surface area contributed by atoms with Crippen LogP contribution in [0.1, 0.15) is 26.7 Å². The van der Waals surface area contributed by atoms with Gasteiger partial charge in [-0.1, -0.05) is 26.0 Å². The van der Waals surface area contributed by atoms with Crippen molar-refractivity contribution in [2.75, 3.05) is 39.3 Å². The number of amides is 1. The van der Waals surface area contributed by atoms with Crippen LogP contribution in [0.3, 0.4) is 0 Å². The van der Waals surface area contributed by atoms with Crippen LogP contribution in [0, 0.1) is 5.92 Å². The molecule has 0 aromatic rings. The van der Waals surface area contributed by atoms with E-state index < -0.39 is 0 Å². The standard InChI is InChI=1S/C17H31N3O/c1-5-9-20(10-6-2)17(21)14-19-11-7-8-16(13-19)12-18-15(3)4/h5-6,15-16,18H,1-2,7-14H2,3-4H3. The van der Waals surface area contributed by atoms with Crippen molar-refractivity contribution in [3.05, 3.63) is 25.3 Å². The Morgan fingerprint density at radius 3 is 2.62 bits per heavy atom. The van der Waals surface area contributed by atoms with Crippen molar-refractivity contribution in [3.63, 3.8) is 0 Å². The van der Waals surface area contributed by atoms with Crippen LogP contribution in [0.15, 0.2) is 25.3 Å². The number of nitrogens with one attached hydrogen (secondary N) is 1. The van der Waals surface area contributed by atoms with Gasteiger partial charge in [-0.15, -0.1) is 13.2 Å². The van der Waals surface area contributed by atoms with Crippen molar-refractivity contribution < 1.29 is 4.79 Å². The Morgan fingerprint density at radius 2 is 2.05 bits per heavy atom. The predicted octanol–water partition coefficient (Wildman–Crippen LogP) is 1.90. The molecule has 0 spiro atoms. The van der Waals surface area contributed by atoms with Crippen LogP contribution in [0.5, 0.6) is 0 Å². The minimum atomic E-state index is 0.173. The van der Waals surface area contributed by atoms with E-state index in [-0.39, 0.29) is 5.91 Å². The molecule has 120 valence electrons. The first-order valence-corrected chi connectivity index (χ1v) is 8.02. The van der Waals surface area contributed by atoms with Gasteiger partial charge in [-0.25, -0.2) is 0 Å². The molecule has 1 atom stereocenters. The van der Waals surface area contributed by atoms with Gasteiger partial charge in [-0.2, -0.15) is 0 Å². The lowest BCUT2D eigenvalue weighted by Crippen LogP contribution is -2.46. The van der Waals surface area contributed by atoms with E-state index in [9.17, 15) is 4.79 Å². The topological polar surface area (TPSA) is 35.6 Å². The van der Waals surface area contributed by atoms with Gasteiger partial charge in [0, 0.05) is 25.7 Å². The average Bonchev–Trinajstić information content (AvgIpc) is 2.45. The Kier molecular flexibility index (Phi) is 8.31. The molecule has 1 N–H and O–H groups in total. The highest BCUT2D eigenvalue weighted by Gasteiger charge is 2.23. The highest BCUT2D eigenvalue weighted by Crippen LogP contribution is 2.16. The molecule has 0 aliphatic carbocycles. The first kappa shape index (κ1) is 17.9. The maximum absolute atomic E-state index is 12.3. The van der Waals surface area contributed by atoms with E-state index >= 15 is 0 Å². The smallest absolute Gasteiger partial charge is 0.237 e. The lowest BCUT2D eigenvalue weighted by atomic mass is 9.97. The quantitative estimate of drug-likeness (QED) is 0.660. The maximum Gasteiger partial charge on any atom is 0.237 e. The second kappa shape index (κ2) is 9.74. The number of piperidine rings is 1. The van der Waals surface area contributed by atoms with Crippen molar-refractivity contribution in [1.82, 2.24) is 15.1 Å². The Hall–Kier alpha value is -1.13. The minimum Gasteiger partial charge on any atom is -0.334 e. The van der Waals surface area contributed by atoms with Gasteiger partial charge >= 0.3 is 0 Å². The molecule has 21 heavy (non-hydrogen) atoms. The molecule has 1 fully saturated rings. The fourth-order valence-electron chi connectivity index (χ4n) is 2.75. The monoisotopic (exact) mass is 293 g/mol. The summed E-state index contributed by atoms with van der Waals surface area (Å²) >= 11 is 0. The Morgan fingerprint density at radius 1 is 1.38 bits per heavy atom. The molecule has 0 aromatic carbocycles. The number of likely N-dealkylation sites (tertiary alicyclic amines) is 1. The third-order valence-electron chi connectivity index (χ3n) is 3.83. The molecule has 4 heteroatoms. The van der Waals surface area contributed by atoms with E-state index in [2.05, 4.69) is 37.2 Å². The summed E-state index contributed by atoms with van der Waals surface area (Å²) < 4.78 is 0. The van der Waals surface area contributed by atoms with Gasteiger partial charge in [0.1, 0.15) is 0 Å². The minimum absolute atomic E-state index is 0.173. The summed E-state index contributed by atoms with van der Waals surface area (Å²) in [5.74, 6) is 0.827. The van der Waals surface area contributed by atoms with Gasteiger partial charge < -0.3 is 10.2 Å². The van der Waals surface area contributed by atoms with Crippen LogP contribution in [0.4, 0.5) is 0 Å². The molecule has 1 rings (SSSR count). The zero-order valence-corrected chi connectivity index (χ0v) is 13.7. The summed E-state index contributed by atoms with van der Waals surface area (Å²) in [6.45, 7) is 16.6. The van der Waals surface area contributed by atoms with E-state index in [1.54, 1.807) is 17.1 Å². The molecule has 1 saturated heterocycles. The lowest BCUT2D eigenvalue weighted by Gasteiger charge is -2.34. The number of carbonyl (C=O) groups excluding carboxylic acids is 1. The Bertz CT molecular complexity index is 331. The largest absolute Gasteiger partial charge is 0.334 e. The van der Waals surface area contributed by atoms with Crippen LogP contribution >= 0.6 is 0 Å². The van der Waals surface area contributed by atoms with Crippen LogP contribution in [-0.4, -0.2) is 61.0 Å². The number of nitrogens with zero attached hydrogens (tertiary/aromatic N) is 2. The average molecular weight is 293 g/mol. The lowest BCUT2D eigenvalue weighted by molar-refractivity contribution is -0.131. The highest BCUT2D eigenvalue weighted by molar-refractivity contribution is 5.78. The third-order valence-corrected chi connectivity index (χ3v) is 3.83. The zero-order chi connectivity index (χ0) is 15.7. The summed E-state index contributed by atoms with van der Waals surface area (Å²) in [6, 6.07) is 0.526. The summed E-state index contributed by atoms with van der Waals surface area (Å²) in [7, 11) is 0. The predicted molar refractivity (Wildman–Crippen MR) is 89.3 cm³/mol. The summed E-state index contributed by atoms with van der Waals surface area (Å²) in [5.41, 5.74) is 0. The second-order valence-electron chi connectivity index (χ2n) is 6.18. The van der Waals surface area contributed by atoms with Crippen molar-refractivity contribution >= 4 is 5.91 Å². The number of rotatable bonds is 9. The third kappa shape index (κ3) is 6.91. The van der Waals surface area contributed by atoms with Crippen LogP contribution in [0.2, 0.25) is 0 Å². The van der Waals surface area contributed by atoms with Gasteiger partial charge in [0.2, 0.25) is 5.91 Å². The first-order valence-electron chi connectivity index (χ1n) is 8.02. The Labute approximate surface area is 129 Å².